The van der Waals surface area contributed by atoms with Crippen LogP contribution in [0.4, 0.5) is 0 Å². The predicted octanol–water partition coefficient (Wildman–Crippen LogP) is 3.31. The number of aryl methyl sites for hydroxylation is 2. The lowest BCUT2D eigenvalue weighted by atomic mass is 9.98. The highest BCUT2D eigenvalue weighted by Gasteiger charge is 2.24. The molecular formula is C20H31N5OS. The highest BCUT2D eigenvalue weighted by Crippen LogP contribution is 2.26. The maximum atomic E-state index is 12.9. The van der Waals surface area contributed by atoms with Crippen molar-refractivity contribution in [3.8, 4) is 0 Å². The minimum Gasteiger partial charge on any atom is -0.337 e. The fourth-order valence-corrected chi connectivity index (χ4v) is 4.24. The van der Waals surface area contributed by atoms with Crippen molar-refractivity contribution >= 4 is 17.2 Å². The Morgan fingerprint density at radius 1 is 1.22 bits per heavy atom. The van der Waals surface area contributed by atoms with E-state index in [2.05, 4.69) is 36.1 Å². The van der Waals surface area contributed by atoms with Crippen molar-refractivity contribution in [2.45, 2.75) is 59.5 Å². The molecule has 1 fully saturated rings. The van der Waals surface area contributed by atoms with E-state index in [1.807, 2.05) is 29.6 Å². The average Bonchev–Trinajstić information content (AvgIpc) is 3.16. The van der Waals surface area contributed by atoms with Crippen molar-refractivity contribution in [3.63, 3.8) is 0 Å². The molecule has 7 heteroatoms. The maximum Gasteiger partial charge on any atom is 0.257 e. The van der Waals surface area contributed by atoms with Crippen LogP contribution < -0.4 is 0 Å². The van der Waals surface area contributed by atoms with E-state index in [0.29, 0.717) is 0 Å². The molecule has 148 valence electrons. The molecule has 0 bridgehead atoms. The van der Waals surface area contributed by atoms with Crippen LogP contribution in [0.1, 0.15) is 60.9 Å². The first-order valence-electron chi connectivity index (χ1n) is 9.78. The van der Waals surface area contributed by atoms with Crippen molar-refractivity contribution < 1.29 is 4.79 Å². The lowest BCUT2D eigenvalue weighted by Crippen LogP contribution is -2.35. The summed E-state index contributed by atoms with van der Waals surface area (Å²) < 4.78 is 1.84. The SMILES string of the molecule is CCn1cc(C(=O)N2CCCN(Cc3csc(C(C)(C)C)n3)CC2)c(C)n1. The van der Waals surface area contributed by atoms with E-state index < -0.39 is 0 Å². The Labute approximate surface area is 166 Å². The number of carbonyl (C=O) groups is 1. The first kappa shape index (κ1) is 20.0. The van der Waals surface area contributed by atoms with Gasteiger partial charge in [0, 0.05) is 56.3 Å². The van der Waals surface area contributed by atoms with Crippen molar-refractivity contribution in [1.29, 1.82) is 0 Å². The minimum absolute atomic E-state index is 0.103. The third-order valence-electron chi connectivity index (χ3n) is 4.96. The molecule has 3 heterocycles. The Morgan fingerprint density at radius 2 is 2.00 bits per heavy atom. The highest BCUT2D eigenvalue weighted by molar-refractivity contribution is 7.09. The van der Waals surface area contributed by atoms with Gasteiger partial charge in [0.15, 0.2) is 0 Å². The van der Waals surface area contributed by atoms with Gasteiger partial charge in [0.2, 0.25) is 0 Å². The second kappa shape index (κ2) is 8.10. The van der Waals surface area contributed by atoms with E-state index in [4.69, 9.17) is 4.98 Å². The molecule has 0 radical (unpaired) electrons. The Kier molecular flexibility index (Phi) is 6.01. The second-order valence-electron chi connectivity index (χ2n) is 8.30. The molecule has 1 amide bonds. The van der Waals surface area contributed by atoms with Crippen LogP contribution in [-0.4, -0.2) is 56.7 Å². The molecule has 1 aliphatic heterocycles. The zero-order chi connectivity index (χ0) is 19.6. The van der Waals surface area contributed by atoms with Crippen LogP contribution in [0.25, 0.3) is 0 Å². The van der Waals surface area contributed by atoms with Gasteiger partial charge in [-0.2, -0.15) is 5.10 Å². The van der Waals surface area contributed by atoms with Gasteiger partial charge in [-0.05, 0) is 20.3 Å². The summed E-state index contributed by atoms with van der Waals surface area (Å²) in [5.41, 5.74) is 2.80. The first-order chi connectivity index (χ1) is 12.8. The van der Waals surface area contributed by atoms with Gasteiger partial charge in [-0.15, -0.1) is 11.3 Å². The molecule has 6 nitrogen and oxygen atoms in total. The Balaban J connectivity index is 1.61. The minimum atomic E-state index is 0.103. The van der Waals surface area contributed by atoms with Gasteiger partial charge in [0.25, 0.3) is 5.91 Å². The van der Waals surface area contributed by atoms with E-state index in [1.165, 1.54) is 5.01 Å². The molecule has 0 saturated carbocycles. The lowest BCUT2D eigenvalue weighted by Gasteiger charge is -2.21. The van der Waals surface area contributed by atoms with E-state index in [-0.39, 0.29) is 11.3 Å². The molecule has 1 aliphatic rings. The molecule has 0 unspecified atom stereocenters. The standard InChI is InChI=1S/C20H31N5OS/c1-6-25-13-17(15(2)22-25)18(26)24-9-7-8-23(10-11-24)12-16-14-27-19(21-16)20(3,4)5/h13-14H,6-12H2,1-5H3. The van der Waals surface area contributed by atoms with E-state index in [1.54, 1.807) is 11.3 Å². The molecule has 0 atom stereocenters. The van der Waals surface area contributed by atoms with Gasteiger partial charge in [0.1, 0.15) is 0 Å². The molecule has 2 aromatic heterocycles. The van der Waals surface area contributed by atoms with Crippen LogP contribution in [-0.2, 0) is 18.5 Å². The summed E-state index contributed by atoms with van der Waals surface area (Å²) in [5.74, 6) is 0.109. The fourth-order valence-electron chi connectivity index (χ4n) is 3.35. The topological polar surface area (TPSA) is 54.3 Å². The number of hydrogen-bond acceptors (Lipinski definition) is 5. The van der Waals surface area contributed by atoms with Crippen LogP contribution in [0.15, 0.2) is 11.6 Å². The zero-order valence-corrected chi connectivity index (χ0v) is 18.0. The number of thiazole rings is 1. The van der Waals surface area contributed by atoms with E-state index in [0.717, 1.165) is 62.6 Å². The summed E-state index contributed by atoms with van der Waals surface area (Å²) >= 11 is 1.75. The molecular weight excluding hydrogens is 358 g/mol. The van der Waals surface area contributed by atoms with Crippen LogP contribution in [0.2, 0.25) is 0 Å². The third kappa shape index (κ3) is 4.76. The van der Waals surface area contributed by atoms with Crippen molar-refractivity contribution in [2.24, 2.45) is 0 Å². The summed E-state index contributed by atoms with van der Waals surface area (Å²) in [7, 11) is 0. The maximum absolute atomic E-state index is 12.9. The normalized spacial score (nSPS) is 16.6. The van der Waals surface area contributed by atoms with Gasteiger partial charge in [-0.1, -0.05) is 20.8 Å². The predicted molar refractivity (Wildman–Crippen MR) is 109 cm³/mol. The second-order valence-corrected chi connectivity index (χ2v) is 9.16. The third-order valence-corrected chi connectivity index (χ3v) is 6.27. The summed E-state index contributed by atoms with van der Waals surface area (Å²) in [6, 6.07) is 0. The average molecular weight is 390 g/mol. The van der Waals surface area contributed by atoms with Crippen LogP contribution in [0.5, 0.6) is 0 Å². The van der Waals surface area contributed by atoms with Gasteiger partial charge in [-0.3, -0.25) is 14.4 Å². The zero-order valence-electron chi connectivity index (χ0n) is 17.2. The monoisotopic (exact) mass is 389 g/mol. The molecule has 1 saturated heterocycles. The molecule has 0 aromatic carbocycles. The van der Waals surface area contributed by atoms with Gasteiger partial charge >= 0.3 is 0 Å². The molecule has 0 N–H and O–H groups in total. The summed E-state index contributed by atoms with van der Waals surface area (Å²) in [6.07, 6.45) is 2.87. The summed E-state index contributed by atoms with van der Waals surface area (Å²) in [6.45, 7) is 15.6. The Hall–Kier alpha value is -1.73. The number of hydrogen-bond donors (Lipinski definition) is 0. The number of aromatic nitrogens is 3. The number of carbonyl (C=O) groups excluding carboxylic acids is 1. The smallest absolute Gasteiger partial charge is 0.257 e. The largest absolute Gasteiger partial charge is 0.337 e. The van der Waals surface area contributed by atoms with Crippen LogP contribution >= 0.6 is 11.3 Å². The molecule has 0 spiro atoms. The van der Waals surface area contributed by atoms with Crippen molar-refractivity contribution in [1.82, 2.24) is 24.6 Å². The summed E-state index contributed by atoms with van der Waals surface area (Å²) in [5, 5.41) is 7.78. The van der Waals surface area contributed by atoms with Gasteiger partial charge < -0.3 is 4.90 Å². The first-order valence-corrected chi connectivity index (χ1v) is 10.7. The highest BCUT2D eigenvalue weighted by atomic mass is 32.1. The van der Waals surface area contributed by atoms with Crippen molar-refractivity contribution in [3.05, 3.63) is 33.5 Å². The molecule has 0 aliphatic carbocycles. The van der Waals surface area contributed by atoms with Crippen molar-refractivity contribution in [2.75, 3.05) is 26.2 Å². The van der Waals surface area contributed by atoms with E-state index in [9.17, 15) is 4.79 Å². The van der Waals surface area contributed by atoms with Gasteiger partial charge in [-0.25, -0.2) is 4.98 Å². The molecule has 3 rings (SSSR count). The van der Waals surface area contributed by atoms with Crippen LogP contribution in [0, 0.1) is 6.92 Å². The molecule has 27 heavy (non-hydrogen) atoms. The Morgan fingerprint density at radius 3 is 2.63 bits per heavy atom. The molecule has 2 aromatic rings. The Bertz CT molecular complexity index is 789. The number of nitrogens with zero attached hydrogens (tertiary/aromatic N) is 5. The van der Waals surface area contributed by atoms with Gasteiger partial charge in [0.05, 0.1) is 22.0 Å². The number of rotatable bonds is 4. The summed E-state index contributed by atoms with van der Waals surface area (Å²) in [4.78, 5) is 22.1. The lowest BCUT2D eigenvalue weighted by molar-refractivity contribution is 0.0760. The number of amides is 1. The van der Waals surface area contributed by atoms with E-state index >= 15 is 0 Å². The fraction of sp³-hybridized carbons (Fsp3) is 0.650. The van der Waals surface area contributed by atoms with Crippen LogP contribution in [0.3, 0.4) is 0 Å². The quantitative estimate of drug-likeness (QED) is 0.805.